The van der Waals surface area contributed by atoms with E-state index in [1.165, 1.54) is 6.92 Å². The van der Waals surface area contributed by atoms with Gasteiger partial charge in [0.05, 0.1) is 14.2 Å². The Balaban J connectivity index is 3.01. The van der Waals surface area contributed by atoms with Crippen LogP contribution in [0.1, 0.15) is 31.9 Å². The first kappa shape index (κ1) is 14.5. The van der Waals surface area contributed by atoms with E-state index in [0.29, 0.717) is 18.1 Å². The summed E-state index contributed by atoms with van der Waals surface area (Å²) in [6.45, 7) is 4.08. The third kappa shape index (κ3) is 3.47. The normalized spacial score (nSPS) is 12.0. The van der Waals surface area contributed by atoms with Gasteiger partial charge in [-0.05, 0) is 31.0 Å². The van der Waals surface area contributed by atoms with Gasteiger partial charge in [-0.2, -0.15) is 0 Å². The number of ether oxygens (including phenoxy) is 3. The molecule has 0 N–H and O–H groups in total. The number of carbonyl (C=O) groups is 1. The van der Waals surface area contributed by atoms with Crippen LogP contribution >= 0.6 is 0 Å². The third-order valence-electron chi connectivity index (χ3n) is 2.57. The number of Topliss-reactive ketones (excluding diaryl/α,β-unsaturated/α-hetero) is 1. The van der Waals surface area contributed by atoms with Crippen LogP contribution in [0.4, 0.5) is 0 Å². The first-order chi connectivity index (χ1) is 8.63. The zero-order valence-corrected chi connectivity index (χ0v) is 11.4. The fraction of sp³-hybridized carbons (Fsp3) is 0.500. The van der Waals surface area contributed by atoms with Gasteiger partial charge in [-0.3, -0.25) is 4.79 Å². The molecule has 4 heteroatoms. The van der Waals surface area contributed by atoms with Crippen molar-refractivity contribution < 1.29 is 19.0 Å². The lowest BCUT2D eigenvalue weighted by molar-refractivity contribution is -0.128. The molecule has 100 valence electrons. The van der Waals surface area contributed by atoms with Gasteiger partial charge in [0.15, 0.2) is 17.3 Å². The Morgan fingerprint density at radius 1 is 1.22 bits per heavy atom. The maximum Gasteiger partial charge on any atom is 0.163 e. The quantitative estimate of drug-likeness (QED) is 0.748. The second-order valence-electron chi connectivity index (χ2n) is 3.98. The standard InChI is InChI=1S/C14H20O4/c1-5-8-18-14(10(2)15)11-6-7-12(16-3)13(9-11)17-4/h6-7,9,14H,5,8H2,1-4H3. The second kappa shape index (κ2) is 7.01. The summed E-state index contributed by atoms with van der Waals surface area (Å²) < 4.78 is 15.9. The summed E-state index contributed by atoms with van der Waals surface area (Å²) in [6.07, 6.45) is 0.335. The van der Waals surface area contributed by atoms with Crippen LogP contribution in [0, 0.1) is 0 Å². The summed E-state index contributed by atoms with van der Waals surface area (Å²) in [4.78, 5) is 11.6. The van der Waals surface area contributed by atoms with Crippen molar-refractivity contribution in [3.05, 3.63) is 23.8 Å². The Bertz CT molecular complexity index is 401. The minimum atomic E-state index is -0.537. The molecule has 0 amide bonds. The predicted octanol–water partition coefficient (Wildman–Crippen LogP) is 2.76. The molecule has 1 atom stereocenters. The topological polar surface area (TPSA) is 44.8 Å². The monoisotopic (exact) mass is 252 g/mol. The van der Waals surface area contributed by atoms with Crippen LogP contribution in [0.5, 0.6) is 11.5 Å². The molecule has 0 aliphatic carbocycles. The number of carbonyl (C=O) groups excluding carboxylic acids is 1. The highest BCUT2D eigenvalue weighted by atomic mass is 16.5. The van der Waals surface area contributed by atoms with E-state index in [0.717, 1.165) is 12.0 Å². The van der Waals surface area contributed by atoms with Gasteiger partial charge in [0.2, 0.25) is 0 Å². The fourth-order valence-corrected chi connectivity index (χ4v) is 1.70. The first-order valence-electron chi connectivity index (χ1n) is 5.98. The van der Waals surface area contributed by atoms with E-state index in [1.54, 1.807) is 26.4 Å². The zero-order chi connectivity index (χ0) is 13.5. The molecule has 18 heavy (non-hydrogen) atoms. The summed E-state index contributed by atoms with van der Waals surface area (Å²) in [7, 11) is 3.14. The minimum absolute atomic E-state index is 0.0179. The lowest BCUT2D eigenvalue weighted by Gasteiger charge is -2.17. The maximum absolute atomic E-state index is 11.6. The molecule has 4 nitrogen and oxygen atoms in total. The molecule has 0 aliphatic heterocycles. The molecule has 1 unspecified atom stereocenters. The molecule has 1 rings (SSSR count). The highest BCUT2D eigenvalue weighted by Crippen LogP contribution is 2.31. The van der Waals surface area contributed by atoms with Crippen LogP contribution < -0.4 is 9.47 Å². The summed E-state index contributed by atoms with van der Waals surface area (Å²) >= 11 is 0. The number of benzene rings is 1. The number of hydrogen-bond donors (Lipinski definition) is 0. The molecular formula is C14H20O4. The Morgan fingerprint density at radius 2 is 1.89 bits per heavy atom. The molecular weight excluding hydrogens is 232 g/mol. The van der Waals surface area contributed by atoms with Crippen molar-refractivity contribution in [2.45, 2.75) is 26.4 Å². The molecule has 0 fully saturated rings. The molecule has 0 spiro atoms. The predicted molar refractivity (Wildman–Crippen MR) is 69.2 cm³/mol. The molecule has 1 aromatic rings. The molecule has 1 aromatic carbocycles. The van der Waals surface area contributed by atoms with Crippen LogP contribution in [-0.4, -0.2) is 26.6 Å². The Kier molecular flexibility index (Phi) is 5.65. The SMILES string of the molecule is CCCOC(C(C)=O)c1ccc(OC)c(OC)c1. The van der Waals surface area contributed by atoms with Crippen LogP contribution in [0.15, 0.2) is 18.2 Å². The van der Waals surface area contributed by atoms with Crippen molar-refractivity contribution >= 4 is 5.78 Å². The fourth-order valence-electron chi connectivity index (χ4n) is 1.70. The van der Waals surface area contributed by atoms with Gasteiger partial charge in [-0.1, -0.05) is 13.0 Å². The van der Waals surface area contributed by atoms with Gasteiger partial charge in [0.1, 0.15) is 6.10 Å². The third-order valence-corrected chi connectivity index (χ3v) is 2.57. The zero-order valence-electron chi connectivity index (χ0n) is 11.4. The number of hydrogen-bond acceptors (Lipinski definition) is 4. The smallest absolute Gasteiger partial charge is 0.163 e. The van der Waals surface area contributed by atoms with Crippen LogP contribution in [0.2, 0.25) is 0 Å². The number of methoxy groups -OCH3 is 2. The second-order valence-corrected chi connectivity index (χ2v) is 3.98. The van der Waals surface area contributed by atoms with Gasteiger partial charge in [-0.25, -0.2) is 0 Å². The van der Waals surface area contributed by atoms with E-state index in [9.17, 15) is 4.79 Å². The Morgan fingerprint density at radius 3 is 2.39 bits per heavy atom. The summed E-state index contributed by atoms with van der Waals surface area (Å²) in [5.41, 5.74) is 0.786. The molecule has 0 aliphatic rings. The number of ketones is 1. The highest BCUT2D eigenvalue weighted by molar-refractivity contribution is 5.82. The van der Waals surface area contributed by atoms with Crippen LogP contribution in [0.25, 0.3) is 0 Å². The molecule has 0 heterocycles. The van der Waals surface area contributed by atoms with E-state index in [1.807, 2.05) is 13.0 Å². The van der Waals surface area contributed by atoms with E-state index in [4.69, 9.17) is 14.2 Å². The average molecular weight is 252 g/mol. The maximum atomic E-state index is 11.6. The lowest BCUT2D eigenvalue weighted by atomic mass is 10.1. The van der Waals surface area contributed by atoms with Crippen molar-refractivity contribution in [2.75, 3.05) is 20.8 Å². The average Bonchev–Trinajstić information content (AvgIpc) is 2.38. The summed E-state index contributed by atoms with van der Waals surface area (Å²) in [6, 6.07) is 5.38. The highest BCUT2D eigenvalue weighted by Gasteiger charge is 2.19. The molecule has 0 saturated carbocycles. The van der Waals surface area contributed by atoms with Gasteiger partial charge >= 0.3 is 0 Å². The van der Waals surface area contributed by atoms with Gasteiger partial charge in [-0.15, -0.1) is 0 Å². The van der Waals surface area contributed by atoms with Crippen LogP contribution in [0.3, 0.4) is 0 Å². The Labute approximate surface area is 108 Å². The van der Waals surface area contributed by atoms with Gasteiger partial charge in [0, 0.05) is 6.61 Å². The van der Waals surface area contributed by atoms with E-state index in [-0.39, 0.29) is 5.78 Å². The van der Waals surface area contributed by atoms with E-state index in [2.05, 4.69) is 0 Å². The van der Waals surface area contributed by atoms with Crippen molar-refractivity contribution in [3.63, 3.8) is 0 Å². The lowest BCUT2D eigenvalue weighted by Crippen LogP contribution is -2.13. The van der Waals surface area contributed by atoms with Crippen molar-refractivity contribution in [3.8, 4) is 11.5 Å². The molecule has 0 aromatic heterocycles. The van der Waals surface area contributed by atoms with Gasteiger partial charge < -0.3 is 14.2 Å². The summed E-state index contributed by atoms with van der Waals surface area (Å²) in [5.74, 6) is 1.22. The molecule has 0 radical (unpaired) electrons. The number of rotatable bonds is 7. The van der Waals surface area contributed by atoms with Crippen molar-refractivity contribution in [1.82, 2.24) is 0 Å². The van der Waals surface area contributed by atoms with Crippen LogP contribution in [-0.2, 0) is 9.53 Å². The molecule has 0 saturated heterocycles. The first-order valence-corrected chi connectivity index (χ1v) is 5.98. The summed E-state index contributed by atoms with van der Waals surface area (Å²) in [5, 5.41) is 0. The van der Waals surface area contributed by atoms with E-state index >= 15 is 0 Å². The minimum Gasteiger partial charge on any atom is -0.493 e. The Hall–Kier alpha value is -1.55. The largest absolute Gasteiger partial charge is 0.493 e. The van der Waals surface area contributed by atoms with Gasteiger partial charge in [0.25, 0.3) is 0 Å². The molecule has 0 bridgehead atoms. The van der Waals surface area contributed by atoms with Crippen molar-refractivity contribution in [1.29, 1.82) is 0 Å². The van der Waals surface area contributed by atoms with Crippen molar-refractivity contribution in [2.24, 2.45) is 0 Å². The van der Waals surface area contributed by atoms with E-state index < -0.39 is 6.10 Å².